The molecule has 1 aromatic heterocycles. The van der Waals surface area contributed by atoms with Crippen LogP contribution >= 0.6 is 11.6 Å². The molecule has 1 aromatic carbocycles. The molecule has 3 rings (SSSR count). The van der Waals surface area contributed by atoms with Gasteiger partial charge in [0.15, 0.2) is 0 Å². The van der Waals surface area contributed by atoms with Gasteiger partial charge in [-0.25, -0.2) is 4.98 Å². The molecule has 2 heterocycles. The van der Waals surface area contributed by atoms with Crippen LogP contribution in [0.25, 0.3) is 0 Å². The lowest BCUT2D eigenvalue weighted by atomic mass is 10.2. The van der Waals surface area contributed by atoms with Gasteiger partial charge in [0.1, 0.15) is 5.82 Å². The smallest absolute Gasteiger partial charge is 0.238 e. The third-order valence-corrected chi connectivity index (χ3v) is 5.10. The summed E-state index contributed by atoms with van der Waals surface area (Å²) in [5, 5.41) is 3.54. The summed E-state index contributed by atoms with van der Waals surface area (Å²) in [7, 11) is 0. The Bertz CT molecular complexity index is 752. The van der Waals surface area contributed by atoms with Crippen molar-refractivity contribution in [3.05, 3.63) is 47.5 Å². The molecule has 0 unspecified atom stereocenters. The Morgan fingerprint density at radius 3 is 2.63 bits per heavy atom. The van der Waals surface area contributed by atoms with Gasteiger partial charge in [0.25, 0.3) is 0 Å². The van der Waals surface area contributed by atoms with Crippen molar-refractivity contribution in [2.75, 3.05) is 44.6 Å². The highest BCUT2D eigenvalue weighted by Crippen LogP contribution is 2.15. The number of benzene rings is 1. The second-order valence-electron chi connectivity index (χ2n) is 7.31. The van der Waals surface area contributed by atoms with E-state index in [4.69, 9.17) is 11.6 Å². The number of aromatic nitrogens is 2. The highest BCUT2D eigenvalue weighted by Gasteiger charge is 2.19. The van der Waals surface area contributed by atoms with Crippen LogP contribution < -0.4 is 5.32 Å². The van der Waals surface area contributed by atoms with E-state index >= 15 is 0 Å². The number of imidazole rings is 1. The van der Waals surface area contributed by atoms with Crippen molar-refractivity contribution in [3.63, 3.8) is 0 Å². The Labute approximate surface area is 166 Å². The summed E-state index contributed by atoms with van der Waals surface area (Å²) in [5.41, 5.74) is 0.743. The van der Waals surface area contributed by atoms with Gasteiger partial charge in [-0.1, -0.05) is 31.5 Å². The standard InChI is InChI=1S/C20H28ClN5O/c1-16(2)20-22-6-7-26(20)13-12-24-8-10-25(11-9-24)15-19(27)23-18-5-3-4-17(21)14-18/h3-7,14,16H,8-13,15H2,1-2H3,(H,23,27). The molecular weight excluding hydrogens is 362 g/mol. The van der Waals surface area contributed by atoms with Crippen LogP contribution in [0, 0.1) is 0 Å². The third-order valence-electron chi connectivity index (χ3n) is 4.86. The molecule has 0 spiro atoms. The number of hydrogen-bond acceptors (Lipinski definition) is 4. The van der Waals surface area contributed by atoms with E-state index in [-0.39, 0.29) is 5.91 Å². The van der Waals surface area contributed by atoms with Crippen LogP contribution in [0.2, 0.25) is 5.02 Å². The first-order valence-corrected chi connectivity index (χ1v) is 9.90. The lowest BCUT2D eigenvalue weighted by Crippen LogP contribution is -2.49. The first-order valence-electron chi connectivity index (χ1n) is 9.52. The lowest BCUT2D eigenvalue weighted by Gasteiger charge is -2.34. The van der Waals surface area contributed by atoms with Crippen molar-refractivity contribution in [2.24, 2.45) is 0 Å². The second-order valence-corrected chi connectivity index (χ2v) is 7.75. The van der Waals surface area contributed by atoms with Crippen molar-refractivity contribution in [1.82, 2.24) is 19.4 Å². The van der Waals surface area contributed by atoms with Crippen LogP contribution in [0.1, 0.15) is 25.6 Å². The average molecular weight is 390 g/mol. The monoisotopic (exact) mass is 389 g/mol. The minimum absolute atomic E-state index is 0.00528. The maximum atomic E-state index is 12.2. The van der Waals surface area contributed by atoms with Gasteiger partial charge in [-0.05, 0) is 18.2 Å². The predicted octanol–water partition coefficient (Wildman–Crippen LogP) is 2.92. The molecule has 1 N–H and O–H groups in total. The van der Waals surface area contributed by atoms with E-state index in [1.165, 1.54) is 0 Å². The third kappa shape index (κ3) is 5.79. The van der Waals surface area contributed by atoms with E-state index in [2.05, 4.69) is 44.7 Å². The van der Waals surface area contributed by atoms with E-state index in [9.17, 15) is 4.79 Å². The van der Waals surface area contributed by atoms with Gasteiger partial charge in [-0.3, -0.25) is 14.6 Å². The molecule has 1 fully saturated rings. The van der Waals surface area contributed by atoms with Crippen LogP contribution in [0.4, 0.5) is 5.69 Å². The number of hydrogen-bond donors (Lipinski definition) is 1. The normalized spacial score (nSPS) is 16.0. The molecule has 1 amide bonds. The Balaban J connectivity index is 1.39. The number of halogens is 1. The van der Waals surface area contributed by atoms with Crippen molar-refractivity contribution >= 4 is 23.2 Å². The highest BCUT2D eigenvalue weighted by atomic mass is 35.5. The Morgan fingerprint density at radius 1 is 1.19 bits per heavy atom. The molecule has 0 aliphatic carbocycles. The summed E-state index contributed by atoms with van der Waals surface area (Å²) in [6.45, 7) is 10.5. The maximum Gasteiger partial charge on any atom is 0.238 e. The molecule has 1 aliphatic heterocycles. The average Bonchev–Trinajstić information content (AvgIpc) is 3.10. The lowest BCUT2D eigenvalue weighted by molar-refractivity contribution is -0.117. The fourth-order valence-electron chi connectivity index (χ4n) is 3.40. The molecule has 6 nitrogen and oxygen atoms in total. The van der Waals surface area contributed by atoms with E-state index < -0.39 is 0 Å². The minimum Gasteiger partial charge on any atom is -0.333 e. The van der Waals surface area contributed by atoms with Crippen molar-refractivity contribution in [3.8, 4) is 0 Å². The number of rotatable bonds is 7. The summed E-state index contributed by atoms with van der Waals surface area (Å²) in [4.78, 5) is 21.3. The molecule has 1 saturated heterocycles. The summed E-state index contributed by atoms with van der Waals surface area (Å²) >= 11 is 5.96. The van der Waals surface area contributed by atoms with E-state index in [0.29, 0.717) is 17.5 Å². The van der Waals surface area contributed by atoms with Gasteiger partial charge >= 0.3 is 0 Å². The number of piperazine rings is 1. The van der Waals surface area contributed by atoms with Crippen LogP contribution in [-0.4, -0.2) is 64.5 Å². The van der Waals surface area contributed by atoms with Crippen LogP contribution in [0.15, 0.2) is 36.7 Å². The van der Waals surface area contributed by atoms with Gasteiger partial charge in [-0.2, -0.15) is 0 Å². The summed E-state index contributed by atoms with van der Waals surface area (Å²) in [5.74, 6) is 1.59. The molecular formula is C20H28ClN5O. The molecule has 1 aliphatic rings. The first kappa shape index (κ1) is 19.9. The minimum atomic E-state index is 0.00528. The SMILES string of the molecule is CC(C)c1nccn1CCN1CCN(CC(=O)Nc2cccc(Cl)c2)CC1. The van der Waals surface area contributed by atoms with Gasteiger partial charge in [0, 0.05) is 68.3 Å². The zero-order valence-electron chi connectivity index (χ0n) is 16.1. The largest absolute Gasteiger partial charge is 0.333 e. The van der Waals surface area contributed by atoms with Crippen LogP contribution in [0.3, 0.4) is 0 Å². The number of carbonyl (C=O) groups excluding carboxylic acids is 1. The Hall–Kier alpha value is -1.89. The topological polar surface area (TPSA) is 53.4 Å². The highest BCUT2D eigenvalue weighted by molar-refractivity contribution is 6.30. The summed E-state index contributed by atoms with van der Waals surface area (Å²) in [6, 6.07) is 7.24. The molecule has 27 heavy (non-hydrogen) atoms. The number of amides is 1. The van der Waals surface area contributed by atoms with Gasteiger partial charge in [-0.15, -0.1) is 0 Å². The predicted molar refractivity (Wildman–Crippen MR) is 109 cm³/mol. The fourth-order valence-corrected chi connectivity index (χ4v) is 3.59. The van der Waals surface area contributed by atoms with E-state index in [1.54, 1.807) is 12.1 Å². The summed E-state index contributed by atoms with van der Waals surface area (Å²) in [6.07, 6.45) is 3.94. The number of nitrogens with one attached hydrogen (secondary N) is 1. The van der Waals surface area contributed by atoms with Gasteiger partial charge < -0.3 is 9.88 Å². The van der Waals surface area contributed by atoms with Crippen LogP contribution in [-0.2, 0) is 11.3 Å². The molecule has 2 aromatic rings. The van der Waals surface area contributed by atoms with Gasteiger partial charge in [0.05, 0.1) is 6.54 Å². The molecule has 0 radical (unpaired) electrons. The van der Waals surface area contributed by atoms with Crippen molar-refractivity contribution < 1.29 is 4.79 Å². The number of anilines is 1. The maximum absolute atomic E-state index is 12.2. The van der Waals surface area contributed by atoms with Crippen LogP contribution in [0.5, 0.6) is 0 Å². The summed E-state index contributed by atoms with van der Waals surface area (Å²) < 4.78 is 2.25. The fraction of sp³-hybridized carbons (Fsp3) is 0.500. The zero-order chi connectivity index (χ0) is 19.2. The second kappa shape index (κ2) is 9.35. The molecule has 146 valence electrons. The Morgan fingerprint density at radius 2 is 1.93 bits per heavy atom. The molecule has 0 atom stereocenters. The quantitative estimate of drug-likeness (QED) is 0.791. The van der Waals surface area contributed by atoms with E-state index in [1.807, 2.05) is 18.3 Å². The molecule has 0 bridgehead atoms. The van der Waals surface area contributed by atoms with E-state index in [0.717, 1.165) is 50.8 Å². The van der Waals surface area contributed by atoms with Crippen molar-refractivity contribution in [2.45, 2.75) is 26.3 Å². The number of carbonyl (C=O) groups is 1. The Kier molecular flexibility index (Phi) is 6.88. The zero-order valence-corrected chi connectivity index (χ0v) is 16.8. The van der Waals surface area contributed by atoms with Crippen molar-refractivity contribution in [1.29, 1.82) is 0 Å². The van der Waals surface area contributed by atoms with Gasteiger partial charge in [0.2, 0.25) is 5.91 Å². The number of nitrogens with zero attached hydrogens (tertiary/aromatic N) is 4. The molecule has 7 heteroatoms. The first-order chi connectivity index (χ1) is 13.0. The molecule has 0 saturated carbocycles.